The van der Waals surface area contributed by atoms with Crippen molar-refractivity contribution in [2.24, 2.45) is 5.92 Å². The summed E-state index contributed by atoms with van der Waals surface area (Å²) in [6.45, 7) is 0. The van der Waals surface area contributed by atoms with Crippen LogP contribution in [0.3, 0.4) is 0 Å². The number of nitrogens with one attached hydrogen (secondary N) is 1. The largest absolute Gasteiger partial charge is 0.478 e. The molecule has 0 spiro atoms. The molecule has 2 saturated carbocycles. The van der Waals surface area contributed by atoms with Crippen LogP contribution >= 0.6 is 0 Å². The number of carboxylic acids is 1. The topological polar surface area (TPSA) is 66.4 Å². The Morgan fingerprint density at radius 2 is 1.50 bits per heavy atom. The Bertz CT molecular complexity index is 922. The first-order valence-corrected chi connectivity index (χ1v) is 12.4. The van der Waals surface area contributed by atoms with Gasteiger partial charge >= 0.3 is 5.97 Å². The van der Waals surface area contributed by atoms with Gasteiger partial charge in [0.1, 0.15) is 0 Å². The fourth-order valence-electron chi connectivity index (χ4n) is 5.42. The summed E-state index contributed by atoms with van der Waals surface area (Å²) >= 11 is 0. The van der Waals surface area contributed by atoms with Gasteiger partial charge in [-0.25, -0.2) is 4.79 Å². The number of carbonyl (C=O) groups is 2. The lowest BCUT2D eigenvalue weighted by atomic mass is 9.84. The molecule has 32 heavy (non-hydrogen) atoms. The maximum Gasteiger partial charge on any atom is 0.337 e. The molecule has 4 rings (SSSR count). The van der Waals surface area contributed by atoms with Crippen LogP contribution in [0.1, 0.15) is 108 Å². The van der Waals surface area contributed by atoms with Crippen LogP contribution in [-0.4, -0.2) is 17.0 Å². The summed E-state index contributed by atoms with van der Waals surface area (Å²) in [6.07, 6.45) is 14.9. The zero-order valence-corrected chi connectivity index (χ0v) is 18.9. The summed E-state index contributed by atoms with van der Waals surface area (Å²) in [5.74, 6) is 0.0822. The molecule has 0 radical (unpaired) electrons. The Kier molecular flexibility index (Phi) is 7.62. The van der Waals surface area contributed by atoms with E-state index in [1.165, 1.54) is 69.8 Å². The lowest BCUT2D eigenvalue weighted by molar-refractivity contribution is 0.0698. The van der Waals surface area contributed by atoms with Crippen LogP contribution in [-0.2, 0) is 6.42 Å². The summed E-state index contributed by atoms with van der Waals surface area (Å²) in [5, 5.41) is 12.5. The van der Waals surface area contributed by atoms with E-state index in [4.69, 9.17) is 0 Å². The van der Waals surface area contributed by atoms with Crippen LogP contribution in [0, 0.1) is 5.92 Å². The fraction of sp³-hybridized carbons (Fsp3) is 0.500. The van der Waals surface area contributed by atoms with Gasteiger partial charge in [0.05, 0.1) is 11.3 Å². The molecule has 0 aliphatic heterocycles. The number of amides is 1. The molecule has 0 atom stereocenters. The fourth-order valence-corrected chi connectivity index (χ4v) is 5.42. The first-order valence-electron chi connectivity index (χ1n) is 12.4. The standard InChI is InChI=1S/C28H35NO3/c30-27(24-16-14-23(15-17-24)22-9-5-2-6-10-22)29-26-18-13-21(19-25(26)28(31)32)12-11-20-7-3-1-4-8-20/h13-20,22H,1-12H2,(H,29,30)(H,31,32). The average molecular weight is 434 g/mol. The Balaban J connectivity index is 1.40. The van der Waals surface area contributed by atoms with Gasteiger partial charge in [-0.15, -0.1) is 0 Å². The highest BCUT2D eigenvalue weighted by molar-refractivity contribution is 6.07. The molecule has 2 N–H and O–H groups in total. The van der Waals surface area contributed by atoms with Gasteiger partial charge in [0, 0.05) is 5.56 Å². The van der Waals surface area contributed by atoms with Gasteiger partial charge in [-0.05, 0) is 72.9 Å². The summed E-state index contributed by atoms with van der Waals surface area (Å²) in [5.41, 5.74) is 3.42. The van der Waals surface area contributed by atoms with Gasteiger partial charge in [0.25, 0.3) is 5.91 Å². The van der Waals surface area contributed by atoms with Crippen LogP contribution in [0.15, 0.2) is 42.5 Å². The Labute approximate surface area is 191 Å². The van der Waals surface area contributed by atoms with Crippen molar-refractivity contribution in [3.63, 3.8) is 0 Å². The van der Waals surface area contributed by atoms with Crippen LogP contribution in [0.4, 0.5) is 5.69 Å². The Hall–Kier alpha value is -2.62. The maximum absolute atomic E-state index is 12.8. The summed E-state index contributed by atoms with van der Waals surface area (Å²) in [7, 11) is 0. The highest BCUT2D eigenvalue weighted by Crippen LogP contribution is 2.33. The average Bonchev–Trinajstić information content (AvgIpc) is 2.84. The van der Waals surface area contributed by atoms with Crippen LogP contribution in [0.25, 0.3) is 0 Å². The number of benzene rings is 2. The molecule has 2 fully saturated rings. The van der Waals surface area contributed by atoms with Crippen molar-refractivity contribution in [1.82, 2.24) is 0 Å². The Morgan fingerprint density at radius 1 is 0.844 bits per heavy atom. The molecule has 2 aromatic carbocycles. The number of carbonyl (C=O) groups excluding carboxylic acids is 1. The van der Waals surface area contributed by atoms with E-state index in [0.29, 0.717) is 17.2 Å². The van der Waals surface area contributed by atoms with Gasteiger partial charge in [-0.3, -0.25) is 4.79 Å². The number of hydrogen-bond donors (Lipinski definition) is 2. The van der Waals surface area contributed by atoms with Crippen LogP contribution < -0.4 is 5.32 Å². The van der Waals surface area contributed by atoms with Crippen LogP contribution in [0.2, 0.25) is 0 Å². The molecule has 4 heteroatoms. The van der Waals surface area contributed by atoms with Gasteiger partial charge < -0.3 is 10.4 Å². The molecule has 170 valence electrons. The lowest BCUT2D eigenvalue weighted by Crippen LogP contribution is -2.15. The van der Waals surface area contributed by atoms with E-state index >= 15 is 0 Å². The monoisotopic (exact) mass is 433 g/mol. The minimum Gasteiger partial charge on any atom is -0.478 e. The second kappa shape index (κ2) is 10.8. The zero-order chi connectivity index (χ0) is 22.3. The van der Waals surface area contributed by atoms with Crippen LogP contribution in [0.5, 0.6) is 0 Å². The molecule has 1 amide bonds. The lowest BCUT2D eigenvalue weighted by Gasteiger charge is -2.22. The SMILES string of the molecule is O=C(Nc1ccc(CCC2CCCCC2)cc1C(=O)O)c1ccc(C2CCCCC2)cc1. The van der Waals surface area contributed by atoms with Gasteiger partial charge in [-0.1, -0.05) is 69.6 Å². The van der Waals surface area contributed by atoms with Crippen molar-refractivity contribution in [3.8, 4) is 0 Å². The van der Waals surface area contributed by atoms with Crippen molar-refractivity contribution < 1.29 is 14.7 Å². The number of rotatable bonds is 7. The molecule has 2 aliphatic rings. The van der Waals surface area contributed by atoms with E-state index in [1.807, 2.05) is 18.2 Å². The minimum atomic E-state index is -1.01. The van der Waals surface area contributed by atoms with E-state index in [9.17, 15) is 14.7 Å². The molecule has 0 bridgehead atoms. The summed E-state index contributed by atoms with van der Waals surface area (Å²) in [6, 6.07) is 13.3. The van der Waals surface area contributed by atoms with E-state index in [2.05, 4.69) is 17.4 Å². The number of carboxylic acid groups (broad SMARTS) is 1. The quantitative estimate of drug-likeness (QED) is 0.485. The number of aryl methyl sites for hydroxylation is 1. The first-order chi connectivity index (χ1) is 15.6. The molecule has 0 aromatic heterocycles. The highest BCUT2D eigenvalue weighted by Gasteiger charge is 2.18. The number of hydrogen-bond acceptors (Lipinski definition) is 2. The molecular weight excluding hydrogens is 398 g/mol. The second-order valence-electron chi connectivity index (χ2n) is 9.64. The third kappa shape index (κ3) is 5.79. The second-order valence-corrected chi connectivity index (χ2v) is 9.64. The van der Waals surface area contributed by atoms with E-state index in [1.54, 1.807) is 12.1 Å². The smallest absolute Gasteiger partial charge is 0.337 e. The normalized spacial score (nSPS) is 17.8. The van der Waals surface area contributed by atoms with Crippen molar-refractivity contribution >= 4 is 17.6 Å². The third-order valence-electron chi connectivity index (χ3n) is 7.38. The number of anilines is 1. The van der Waals surface area contributed by atoms with Crippen molar-refractivity contribution in [2.75, 3.05) is 5.32 Å². The summed E-state index contributed by atoms with van der Waals surface area (Å²) in [4.78, 5) is 24.7. The zero-order valence-electron chi connectivity index (χ0n) is 18.9. The van der Waals surface area contributed by atoms with E-state index in [-0.39, 0.29) is 11.5 Å². The third-order valence-corrected chi connectivity index (χ3v) is 7.38. The highest BCUT2D eigenvalue weighted by atomic mass is 16.4. The van der Waals surface area contributed by atoms with Gasteiger partial charge in [0.15, 0.2) is 0 Å². The van der Waals surface area contributed by atoms with Crippen molar-refractivity contribution in [1.29, 1.82) is 0 Å². The van der Waals surface area contributed by atoms with E-state index in [0.717, 1.165) is 24.3 Å². The minimum absolute atomic E-state index is 0.165. The predicted molar refractivity (Wildman–Crippen MR) is 129 cm³/mol. The van der Waals surface area contributed by atoms with Gasteiger partial charge in [-0.2, -0.15) is 0 Å². The molecule has 4 nitrogen and oxygen atoms in total. The molecular formula is C28H35NO3. The molecule has 0 saturated heterocycles. The molecule has 0 heterocycles. The van der Waals surface area contributed by atoms with E-state index < -0.39 is 5.97 Å². The molecule has 2 aromatic rings. The Morgan fingerprint density at radius 3 is 2.16 bits per heavy atom. The predicted octanol–water partition coefficient (Wildman–Crippen LogP) is 7.20. The molecule has 2 aliphatic carbocycles. The van der Waals surface area contributed by atoms with Crippen molar-refractivity contribution in [2.45, 2.75) is 83.0 Å². The number of aromatic carboxylic acids is 1. The van der Waals surface area contributed by atoms with Gasteiger partial charge in [0.2, 0.25) is 0 Å². The van der Waals surface area contributed by atoms with Crippen molar-refractivity contribution in [3.05, 3.63) is 64.7 Å². The molecule has 0 unspecified atom stereocenters. The first kappa shape index (κ1) is 22.6. The summed E-state index contributed by atoms with van der Waals surface area (Å²) < 4.78 is 0. The maximum atomic E-state index is 12.8.